The molecule has 1 fully saturated rings. The van der Waals surface area contributed by atoms with Gasteiger partial charge in [-0.15, -0.1) is 11.3 Å². The van der Waals surface area contributed by atoms with E-state index < -0.39 is 0 Å². The predicted octanol–water partition coefficient (Wildman–Crippen LogP) is 2.70. The number of aromatic nitrogens is 4. The van der Waals surface area contributed by atoms with Crippen molar-refractivity contribution in [3.63, 3.8) is 0 Å². The van der Waals surface area contributed by atoms with Crippen molar-refractivity contribution in [1.82, 2.24) is 24.1 Å². The number of amides is 1. The highest BCUT2D eigenvalue weighted by atomic mass is 32.1. The summed E-state index contributed by atoms with van der Waals surface area (Å²) in [5, 5.41) is 6.26. The van der Waals surface area contributed by atoms with Crippen LogP contribution in [0.5, 0.6) is 0 Å². The average Bonchev–Trinajstić information content (AvgIpc) is 3.32. The summed E-state index contributed by atoms with van der Waals surface area (Å²) in [5.41, 5.74) is 1.16. The number of imidazole rings is 1. The first-order valence-corrected chi connectivity index (χ1v) is 9.27. The monoisotopic (exact) mass is 343 g/mol. The maximum Gasteiger partial charge on any atom is 0.224 e. The Bertz CT molecular complexity index is 835. The summed E-state index contributed by atoms with van der Waals surface area (Å²) in [6.45, 7) is 4.32. The number of hydrogen-bond donors (Lipinski definition) is 0. The molecule has 0 N–H and O–H groups in total. The molecule has 1 amide bonds. The van der Waals surface area contributed by atoms with Gasteiger partial charge in [-0.1, -0.05) is 0 Å². The van der Waals surface area contributed by atoms with E-state index in [9.17, 15) is 4.79 Å². The Labute approximate surface area is 144 Å². The first-order valence-electron chi connectivity index (χ1n) is 8.39. The SMILES string of the molecule is Cc1nc([C@H]2CCCN(C(=O)CCn3cccn3)C2)c2sccn12. The van der Waals surface area contributed by atoms with Gasteiger partial charge in [0.1, 0.15) is 10.7 Å². The number of piperidine rings is 1. The molecule has 0 aliphatic carbocycles. The van der Waals surface area contributed by atoms with Gasteiger partial charge in [-0.2, -0.15) is 5.10 Å². The molecule has 0 spiro atoms. The molecule has 6 nitrogen and oxygen atoms in total. The first kappa shape index (κ1) is 15.4. The topological polar surface area (TPSA) is 55.4 Å². The minimum atomic E-state index is 0.216. The van der Waals surface area contributed by atoms with Crippen molar-refractivity contribution in [3.05, 3.63) is 41.6 Å². The zero-order valence-electron chi connectivity index (χ0n) is 13.8. The summed E-state index contributed by atoms with van der Waals surface area (Å²) in [6.07, 6.45) is 8.36. The summed E-state index contributed by atoms with van der Waals surface area (Å²) < 4.78 is 3.96. The summed E-state index contributed by atoms with van der Waals surface area (Å²) in [7, 11) is 0. The van der Waals surface area contributed by atoms with E-state index in [1.54, 1.807) is 17.5 Å². The smallest absolute Gasteiger partial charge is 0.224 e. The van der Waals surface area contributed by atoms with Crippen molar-refractivity contribution >= 4 is 22.1 Å². The molecular weight excluding hydrogens is 322 g/mol. The zero-order chi connectivity index (χ0) is 16.5. The first-order chi connectivity index (χ1) is 11.7. The fourth-order valence-corrected chi connectivity index (χ4v) is 4.44. The van der Waals surface area contributed by atoms with Gasteiger partial charge in [-0.3, -0.25) is 13.9 Å². The van der Waals surface area contributed by atoms with Gasteiger partial charge in [0.2, 0.25) is 5.91 Å². The molecule has 0 radical (unpaired) electrons. The van der Waals surface area contributed by atoms with Crippen LogP contribution in [-0.2, 0) is 11.3 Å². The van der Waals surface area contributed by atoms with Crippen LogP contribution in [0.3, 0.4) is 0 Å². The van der Waals surface area contributed by atoms with Gasteiger partial charge in [-0.25, -0.2) is 4.98 Å². The van der Waals surface area contributed by atoms with Crippen LogP contribution in [0, 0.1) is 6.92 Å². The molecule has 1 aliphatic heterocycles. The fourth-order valence-electron chi connectivity index (χ4n) is 3.49. The van der Waals surface area contributed by atoms with Crippen molar-refractivity contribution in [2.75, 3.05) is 13.1 Å². The molecule has 0 bridgehead atoms. The van der Waals surface area contributed by atoms with Gasteiger partial charge < -0.3 is 4.90 Å². The second-order valence-electron chi connectivity index (χ2n) is 6.32. The highest BCUT2D eigenvalue weighted by Crippen LogP contribution is 2.32. The van der Waals surface area contributed by atoms with Crippen LogP contribution in [0.25, 0.3) is 4.83 Å². The third-order valence-corrected chi connectivity index (χ3v) is 5.62. The predicted molar refractivity (Wildman–Crippen MR) is 93.2 cm³/mol. The van der Waals surface area contributed by atoms with Crippen molar-refractivity contribution in [3.8, 4) is 0 Å². The Morgan fingerprint density at radius 1 is 1.42 bits per heavy atom. The Hall–Kier alpha value is -2.15. The second-order valence-corrected chi connectivity index (χ2v) is 7.22. The number of hydrogen-bond acceptors (Lipinski definition) is 4. The number of rotatable bonds is 4. The summed E-state index contributed by atoms with van der Waals surface area (Å²) in [4.78, 5) is 20.6. The Kier molecular flexibility index (Phi) is 4.10. The number of likely N-dealkylation sites (tertiary alicyclic amines) is 1. The molecule has 4 heterocycles. The van der Waals surface area contributed by atoms with Gasteiger partial charge in [0, 0.05) is 55.9 Å². The lowest BCUT2D eigenvalue weighted by molar-refractivity contribution is -0.132. The van der Waals surface area contributed by atoms with E-state index in [2.05, 4.69) is 21.1 Å². The third-order valence-electron chi connectivity index (χ3n) is 4.73. The van der Waals surface area contributed by atoms with Crippen molar-refractivity contribution in [2.45, 2.75) is 38.6 Å². The van der Waals surface area contributed by atoms with E-state index in [1.807, 2.05) is 28.8 Å². The fraction of sp³-hybridized carbons (Fsp3) is 0.471. The van der Waals surface area contributed by atoms with Crippen LogP contribution in [0.15, 0.2) is 30.0 Å². The maximum atomic E-state index is 12.6. The van der Waals surface area contributed by atoms with Crippen LogP contribution in [-0.4, -0.2) is 43.1 Å². The molecule has 1 saturated heterocycles. The number of thiazole rings is 1. The van der Waals surface area contributed by atoms with Gasteiger partial charge in [0.25, 0.3) is 0 Å². The highest BCUT2D eigenvalue weighted by Gasteiger charge is 2.28. The number of aryl methyl sites for hydroxylation is 2. The number of nitrogens with zero attached hydrogens (tertiary/aromatic N) is 5. The van der Waals surface area contributed by atoms with E-state index >= 15 is 0 Å². The largest absolute Gasteiger partial charge is 0.342 e. The van der Waals surface area contributed by atoms with E-state index in [1.165, 1.54) is 4.83 Å². The Morgan fingerprint density at radius 2 is 2.33 bits per heavy atom. The number of carbonyl (C=O) groups is 1. The Morgan fingerprint density at radius 3 is 3.17 bits per heavy atom. The van der Waals surface area contributed by atoms with Gasteiger partial charge in [-0.05, 0) is 25.8 Å². The molecule has 126 valence electrons. The number of fused-ring (bicyclic) bond motifs is 1. The standard InChI is InChI=1S/C17H21N5OS/c1-13-19-16(17-22(13)10-11-24-17)14-4-2-7-20(12-14)15(23)5-9-21-8-3-6-18-21/h3,6,8,10-11,14H,2,4-5,7,9,12H2,1H3/t14-/m0/s1. The minimum Gasteiger partial charge on any atom is -0.342 e. The zero-order valence-corrected chi connectivity index (χ0v) is 14.6. The quantitative estimate of drug-likeness (QED) is 0.732. The van der Waals surface area contributed by atoms with Crippen LogP contribution in [0.2, 0.25) is 0 Å². The van der Waals surface area contributed by atoms with E-state index in [0.29, 0.717) is 18.9 Å². The normalized spacial score (nSPS) is 18.4. The average molecular weight is 343 g/mol. The van der Waals surface area contributed by atoms with Crippen molar-refractivity contribution < 1.29 is 4.79 Å². The van der Waals surface area contributed by atoms with Crippen LogP contribution in [0.1, 0.15) is 36.7 Å². The summed E-state index contributed by atoms with van der Waals surface area (Å²) in [5.74, 6) is 1.59. The molecule has 0 unspecified atom stereocenters. The maximum absolute atomic E-state index is 12.6. The van der Waals surface area contributed by atoms with E-state index in [4.69, 9.17) is 4.98 Å². The minimum absolute atomic E-state index is 0.216. The number of carbonyl (C=O) groups excluding carboxylic acids is 1. The van der Waals surface area contributed by atoms with Crippen LogP contribution >= 0.6 is 11.3 Å². The molecule has 1 aliphatic rings. The molecule has 0 saturated carbocycles. The second kappa shape index (κ2) is 6.39. The molecule has 3 aromatic rings. The molecule has 0 aromatic carbocycles. The van der Waals surface area contributed by atoms with Gasteiger partial charge >= 0.3 is 0 Å². The molecule has 7 heteroatoms. The van der Waals surface area contributed by atoms with Crippen LogP contribution < -0.4 is 0 Å². The molecule has 1 atom stereocenters. The van der Waals surface area contributed by atoms with Gasteiger partial charge in [0.05, 0.1) is 5.69 Å². The molecule has 4 rings (SSSR count). The molecule has 3 aromatic heterocycles. The van der Waals surface area contributed by atoms with E-state index in [0.717, 1.165) is 37.4 Å². The van der Waals surface area contributed by atoms with Crippen molar-refractivity contribution in [2.24, 2.45) is 0 Å². The lowest BCUT2D eigenvalue weighted by Gasteiger charge is -2.32. The lowest BCUT2D eigenvalue weighted by Crippen LogP contribution is -2.39. The van der Waals surface area contributed by atoms with E-state index in [-0.39, 0.29) is 5.91 Å². The summed E-state index contributed by atoms with van der Waals surface area (Å²) in [6, 6.07) is 1.88. The van der Waals surface area contributed by atoms with Gasteiger partial charge in [0.15, 0.2) is 0 Å². The highest BCUT2D eigenvalue weighted by molar-refractivity contribution is 7.15. The summed E-state index contributed by atoms with van der Waals surface area (Å²) >= 11 is 1.73. The lowest BCUT2D eigenvalue weighted by atomic mass is 9.95. The Balaban J connectivity index is 1.45. The van der Waals surface area contributed by atoms with Crippen molar-refractivity contribution in [1.29, 1.82) is 0 Å². The van der Waals surface area contributed by atoms with Crippen LogP contribution in [0.4, 0.5) is 0 Å². The molecule has 24 heavy (non-hydrogen) atoms. The molecular formula is C17H21N5OS. The third kappa shape index (κ3) is 2.84.